The van der Waals surface area contributed by atoms with E-state index in [1.165, 1.54) is 19.2 Å². The number of methoxy groups -OCH3 is 1. The van der Waals surface area contributed by atoms with Gasteiger partial charge in [0.1, 0.15) is 10.8 Å². The van der Waals surface area contributed by atoms with Crippen LogP contribution < -0.4 is 10.1 Å². The third kappa shape index (κ3) is 7.01. The van der Waals surface area contributed by atoms with Crippen LogP contribution in [0.2, 0.25) is 0 Å². The van der Waals surface area contributed by atoms with E-state index < -0.39 is 11.7 Å². The predicted molar refractivity (Wildman–Crippen MR) is 127 cm³/mol. The fraction of sp³-hybridized carbons (Fsp3) is 0.333. The van der Waals surface area contributed by atoms with Crippen LogP contribution in [0.1, 0.15) is 42.1 Å². The highest BCUT2D eigenvalue weighted by Crippen LogP contribution is 2.32. The Labute approximate surface area is 204 Å². The van der Waals surface area contributed by atoms with Gasteiger partial charge in [-0.05, 0) is 30.7 Å². The first-order valence-electron chi connectivity index (χ1n) is 11.0. The zero-order chi connectivity index (χ0) is 25.4. The van der Waals surface area contributed by atoms with Crippen molar-refractivity contribution < 1.29 is 27.5 Å². The Morgan fingerprint density at radius 3 is 2.43 bits per heavy atom. The predicted octanol–water partition coefficient (Wildman–Crippen LogP) is 5.50. The molecule has 2 amide bonds. The van der Waals surface area contributed by atoms with Crippen molar-refractivity contribution >= 4 is 28.3 Å². The summed E-state index contributed by atoms with van der Waals surface area (Å²) in [6.07, 6.45) is -2.70. The number of nitrogens with zero attached hydrogens (tertiary/aromatic N) is 3. The van der Waals surface area contributed by atoms with Crippen LogP contribution in [-0.2, 0) is 11.0 Å². The molecule has 11 heteroatoms. The second-order valence-corrected chi connectivity index (χ2v) is 8.61. The van der Waals surface area contributed by atoms with Crippen LogP contribution in [0.4, 0.5) is 18.3 Å². The van der Waals surface area contributed by atoms with Crippen molar-refractivity contribution in [2.75, 3.05) is 25.5 Å². The first kappa shape index (κ1) is 26.1. The number of carbonyl (C=O) groups is 2. The zero-order valence-electron chi connectivity index (χ0n) is 19.3. The van der Waals surface area contributed by atoms with E-state index in [-0.39, 0.29) is 29.9 Å². The van der Waals surface area contributed by atoms with Crippen molar-refractivity contribution in [3.8, 4) is 16.3 Å². The van der Waals surface area contributed by atoms with Crippen molar-refractivity contribution in [1.29, 1.82) is 0 Å². The van der Waals surface area contributed by atoms with Gasteiger partial charge in [-0.25, -0.2) is 0 Å². The Kier molecular flexibility index (Phi) is 8.80. The molecule has 1 heterocycles. The number of alkyl halides is 3. The number of anilines is 1. The molecular formula is C24H25F3N4O3S. The van der Waals surface area contributed by atoms with Crippen LogP contribution >= 0.6 is 11.3 Å². The topological polar surface area (TPSA) is 84.4 Å². The van der Waals surface area contributed by atoms with Crippen LogP contribution in [0.15, 0.2) is 48.5 Å². The lowest BCUT2D eigenvalue weighted by Gasteiger charge is -2.23. The highest BCUT2D eigenvalue weighted by Gasteiger charge is 2.30. The number of rotatable bonds is 10. The van der Waals surface area contributed by atoms with Gasteiger partial charge in [-0.2, -0.15) is 13.2 Å². The molecule has 0 unspecified atom stereocenters. The van der Waals surface area contributed by atoms with Crippen LogP contribution in [0.5, 0.6) is 5.75 Å². The summed E-state index contributed by atoms with van der Waals surface area (Å²) >= 11 is 1.05. The SMILES string of the molecule is CCCCN(CCC(=O)Nc1nnc(-c2ccc(C(F)(F)F)cc2)s1)C(=O)c1ccccc1OC. The minimum atomic E-state index is -4.42. The quantitative estimate of drug-likeness (QED) is 0.392. The summed E-state index contributed by atoms with van der Waals surface area (Å²) in [7, 11) is 1.50. The highest BCUT2D eigenvalue weighted by molar-refractivity contribution is 7.18. The lowest BCUT2D eigenvalue weighted by Crippen LogP contribution is -2.35. The molecule has 7 nitrogen and oxygen atoms in total. The number of nitrogens with one attached hydrogen (secondary N) is 1. The number of benzene rings is 2. The van der Waals surface area contributed by atoms with E-state index in [2.05, 4.69) is 15.5 Å². The van der Waals surface area contributed by atoms with Crippen LogP contribution in [0, 0.1) is 0 Å². The molecule has 0 aliphatic rings. The third-order valence-corrected chi connectivity index (χ3v) is 6.03. The smallest absolute Gasteiger partial charge is 0.416 e. The fourth-order valence-electron chi connectivity index (χ4n) is 3.27. The van der Waals surface area contributed by atoms with Crippen LogP contribution in [0.25, 0.3) is 10.6 Å². The summed E-state index contributed by atoms with van der Waals surface area (Å²) in [6.45, 7) is 2.72. The number of halogens is 3. The van der Waals surface area contributed by atoms with Crippen molar-refractivity contribution in [2.45, 2.75) is 32.4 Å². The molecule has 3 aromatic rings. The summed E-state index contributed by atoms with van der Waals surface area (Å²) in [6, 6.07) is 11.5. The summed E-state index contributed by atoms with van der Waals surface area (Å²) in [5.41, 5.74) is 0.135. The number of carbonyl (C=O) groups excluding carboxylic acids is 2. The highest BCUT2D eigenvalue weighted by atomic mass is 32.1. The van der Waals surface area contributed by atoms with Gasteiger partial charge in [-0.1, -0.05) is 48.9 Å². The molecule has 0 spiro atoms. The molecule has 1 N–H and O–H groups in total. The van der Waals surface area contributed by atoms with Crippen molar-refractivity contribution in [3.63, 3.8) is 0 Å². The summed E-state index contributed by atoms with van der Waals surface area (Å²) < 4.78 is 43.5. The minimum Gasteiger partial charge on any atom is -0.496 e. The van der Waals surface area contributed by atoms with Gasteiger partial charge in [0.25, 0.3) is 5.91 Å². The van der Waals surface area contributed by atoms with E-state index in [1.54, 1.807) is 29.2 Å². The Bertz CT molecular complexity index is 1150. The summed E-state index contributed by atoms with van der Waals surface area (Å²) in [5.74, 6) is -0.105. The molecule has 0 aliphatic heterocycles. The zero-order valence-corrected chi connectivity index (χ0v) is 20.1. The maximum absolute atomic E-state index is 13.1. The third-order valence-electron chi connectivity index (χ3n) is 5.15. The Morgan fingerprint density at radius 2 is 1.77 bits per heavy atom. The lowest BCUT2D eigenvalue weighted by molar-refractivity contribution is -0.137. The van der Waals surface area contributed by atoms with E-state index in [0.29, 0.717) is 28.4 Å². The molecule has 0 aliphatic carbocycles. The molecule has 0 fully saturated rings. The Hall–Kier alpha value is -3.47. The number of aromatic nitrogens is 2. The molecule has 0 radical (unpaired) electrons. The van der Waals surface area contributed by atoms with Gasteiger partial charge in [0.2, 0.25) is 11.0 Å². The molecule has 35 heavy (non-hydrogen) atoms. The molecular weight excluding hydrogens is 481 g/mol. The number of para-hydroxylation sites is 1. The number of ether oxygens (including phenoxy) is 1. The standard InChI is InChI=1S/C24H25F3N4O3S/c1-3-4-14-31(22(33)18-7-5-6-8-19(18)34-2)15-13-20(32)28-23-30-29-21(35-23)16-9-11-17(12-10-16)24(25,26)27/h5-12H,3-4,13-15H2,1-2H3,(H,28,30,32). The molecule has 0 saturated heterocycles. The molecule has 186 valence electrons. The van der Waals surface area contributed by atoms with Crippen molar-refractivity contribution in [1.82, 2.24) is 15.1 Å². The Morgan fingerprint density at radius 1 is 1.06 bits per heavy atom. The number of hydrogen-bond donors (Lipinski definition) is 1. The van der Waals surface area contributed by atoms with E-state index >= 15 is 0 Å². The van der Waals surface area contributed by atoms with Crippen LogP contribution in [0.3, 0.4) is 0 Å². The second kappa shape index (κ2) is 11.8. The maximum Gasteiger partial charge on any atom is 0.416 e. The van der Waals surface area contributed by atoms with Gasteiger partial charge in [-0.15, -0.1) is 10.2 Å². The first-order chi connectivity index (χ1) is 16.7. The van der Waals surface area contributed by atoms with E-state index in [0.717, 1.165) is 36.3 Å². The average Bonchev–Trinajstić information content (AvgIpc) is 3.31. The minimum absolute atomic E-state index is 0.0415. The first-order valence-corrected chi connectivity index (χ1v) is 11.8. The lowest BCUT2D eigenvalue weighted by atomic mass is 10.1. The maximum atomic E-state index is 13.1. The van der Waals surface area contributed by atoms with Gasteiger partial charge >= 0.3 is 6.18 Å². The largest absolute Gasteiger partial charge is 0.496 e. The monoisotopic (exact) mass is 506 g/mol. The van der Waals surface area contributed by atoms with Gasteiger partial charge < -0.3 is 15.0 Å². The fourth-order valence-corrected chi connectivity index (χ4v) is 4.03. The number of amides is 2. The van der Waals surface area contributed by atoms with Gasteiger partial charge in [0.15, 0.2) is 0 Å². The Balaban J connectivity index is 1.62. The molecule has 1 aromatic heterocycles. The van der Waals surface area contributed by atoms with Crippen molar-refractivity contribution in [3.05, 3.63) is 59.7 Å². The molecule has 0 saturated carbocycles. The molecule has 0 bridgehead atoms. The summed E-state index contributed by atoms with van der Waals surface area (Å²) in [5, 5.41) is 11.1. The normalized spacial score (nSPS) is 11.2. The average molecular weight is 507 g/mol. The van der Waals surface area contributed by atoms with Gasteiger partial charge in [0.05, 0.1) is 18.2 Å². The van der Waals surface area contributed by atoms with E-state index in [4.69, 9.17) is 4.74 Å². The number of hydrogen-bond acceptors (Lipinski definition) is 6. The molecule has 0 atom stereocenters. The molecule has 2 aromatic carbocycles. The van der Waals surface area contributed by atoms with E-state index in [9.17, 15) is 22.8 Å². The van der Waals surface area contributed by atoms with Gasteiger partial charge in [0, 0.05) is 25.1 Å². The number of unbranched alkanes of at least 4 members (excludes halogenated alkanes) is 1. The molecule has 3 rings (SSSR count). The van der Waals surface area contributed by atoms with E-state index in [1.807, 2.05) is 6.92 Å². The summed E-state index contributed by atoms with van der Waals surface area (Å²) in [4.78, 5) is 27.2. The van der Waals surface area contributed by atoms with Gasteiger partial charge in [-0.3, -0.25) is 9.59 Å². The van der Waals surface area contributed by atoms with Crippen molar-refractivity contribution in [2.24, 2.45) is 0 Å². The van der Waals surface area contributed by atoms with Crippen LogP contribution in [-0.4, -0.2) is 47.1 Å². The second-order valence-electron chi connectivity index (χ2n) is 7.63.